The van der Waals surface area contributed by atoms with Gasteiger partial charge < -0.3 is 5.32 Å². The largest absolute Gasteiger partial charge is 0.316 e. The third kappa shape index (κ3) is 4.98. The molecule has 0 aliphatic heterocycles. The maximum absolute atomic E-state index is 5.91. The Bertz CT molecular complexity index is 481. The van der Waals surface area contributed by atoms with Crippen LogP contribution in [0.5, 0.6) is 0 Å². The predicted molar refractivity (Wildman–Crippen MR) is 85.4 cm³/mol. The van der Waals surface area contributed by atoms with Crippen molar-refractivity contribution in [1.82, 2.24) is 5.32 Å². The lowest BCUT2D eigenvalue weighted by atomic mass is 9.98. The Morgan fingerprint density at radius 3 is 2.58 bits per heavy atom. The van der Waals surface area contributed by atoms with Crippen molar-refractivity contribution in [2.75, 3.05) is 13.1 Å². The second kappa shape index (κ2) is 7.68. The van der Waals surface area contributed by atoms with E-state index in [0.717, 1.165) is 23.8 Å². The summed E-state index contributed by atoms with van der Waals surface area (Å²) >= 11 is 7.58. The summed E-state index contributed by atoms with van der Waals surface area (Å²) in [6, 6.07) is 14.8. The van der Waals surface area contributed by atoms with E-state index in [1.54, 1.807) is 11.3 Å². The number of nitrogens with one attached hydrogen (secondary N) is 1. The summed E-state index contributed by atoms with van der Waals surface area (Å²) in [7, 11) is 0. The maximum Gasteiger partial charge on any atom is 0.0931 e. The highest BCUT2D eigenvalue weighted by molar-refractivity contribution is 7.16. The zero-order valence-corrected chi connectivity index (χ0v) is 12.8. The van der Waals surface area contributed by atoms with Crippen LogP contribution in [0.4, 0.5) is 0 Å². The van der Waals surface area contributed by atoms with Gasteiger partial charge in [0.2, 0.25) is 0 Å². The maximum atomic E-state index is 5.91. The lowest BCUT2D eigenvalue weighted by Gasteiger charge is -2.12. The second-order valence-electron chi connectivity index (χ2n) is 4.81. The lowest BCUT2D eigenvalue weighted by Crippen LogP contribution is -2.19. The summed E-state index contributed by atoms with van der Waals surface area (Å²) in [6.07, 6.45) is 2.24. The predicted octanol–water partition coefficient (Wildman–Crippen LogP) is 4.73. The van der Waals surface area contributed by atoms with Crippen LogP contribution in [0.15, 0.2) is 42.5 Å². The van der Waals surface area contributed by atoms with Gasteiger partial charge in [-0.05, 0) is 49.5 Å². The van der Waals surface area contributed by atoms with Crippen LogP contribution in [0.3, 0.4) is 0 Å². The van der Waals surface area contributed by atoms with Gasteiger partial charge in [0.15, 0.2) is 0 Å². The van der Waals surface area contributed by atoms with Crippen molar-refractivity contribution in [3.05, 3.63) is 57.2 Å². The molecule has 2 rings (SSSR count). The first-order valence-electron chi connectivity index (χ1n) is 6.75. The smallest absolute Gasteiger partial charge is 0.0931 e. The van der Waals surface area contributed by atoms with E-state index in [1.807, 2.05) is 6.07 Å². The molecule has 1 atom stereocenters. The second-order valence-corrected chi connectivity index (χ2v) is 6.61. The third-order valence-corrected chi connectivity index (χ3v) is 4.59. The monoisotopic (exact) mass is 293 g/mol. The molecule has 0 amide bonds. The van der Waals surface area contributed by atoms with Crippen molar-refractivity contribution in [2.24, 2.45) is 0 Å². The van der Waals surface area contributed by atoms with Crippen molar-refractivity contribution in [3.63, 3.8) is 0 Å². The van der Waals surface area contributed by atoms with Crippen LogP contribution < -0.4 is 5.32 Å². The average molecular weight is 294 g/mol. The van der Waals surface area contributed by atoms with Crippen molar-refractivity contribution < 1.29 is 0 Å². The summed E-state index contributed by atoms with van der Waals surface area (Å²) in [5.74, 6) is 0.616. The van der Waals surface area contributed by atoms with E-state index < -0.39 is 0 Å². The summed E-state index contributed by atoms with van der Waals surface area (Å²) in [5, 5.41) is 3.51. The van der Waals surface area contributed by atoms with Gasteiger partial charge in [-0.25, -0.2) is 0 Å². The molecule has 0 fully saturated rings. The van der Waals surface area contributed by atoms with Gasteiger partial charge in [0, 0.05) is 4.88 Å². The Kier molecular flexibility index (Phi) is 5.90. The molecule has 0 radical (unpaired) electrons. The van der Waals surface area contributed by atoms with Crippen LogP contribution in [-0.2, 0) is 6.42 Å². The van der Waals surface area contributed by atoms with E-state index in [2.05, 4.69) is 48.6 Å². The Morgan fingerprint density at radius 2 is 1.89 bits per heavy atom. The highest BCUT2D eigenvalue weighted by atomic mass is 35.5. The van der Waals surface area contributed by atoms with E-state index in [0.29, 0.717) is 5.92 Å². The number of hydrogen-bond acceptors (Lipinski definition) is 2. The Hall–Kier alpha value is -0.830. The number of hydrogen-bond donors (Lipinski definition) is 1. The molecule has 1 N–H and O–H groups in total. The Balaban J connectivity index is 1.62. The van der Waals surface area contributed by atoms with Gasteiger partial charge in [-0.2, -0.15) is 0 Å². The van der Waals surface area contributed by atoms with Crippen molar-refractivity contribution in [1.29, 1.82) is 0 Å². The van der Waals surface area contributed by atoms with Gasteiger partial charge in [-0.15, -0.1) is 11.3 Å². The zero-order chi connectivity index (χ0) is 13.5. The lowest BCUT2D eigenvalue weighted by molar-refractivity contribution is 0.596. The quantitative estimate of drug-likeness (QED) is 0.728. The molecule has 19 heavy (non-hydrogen) atoms. The summed E-state index contributed by atoms with van der Waals surface area (Å²) in [6.45, 7) is 4.38. The molecule has 0 aliphatic carbocycles. The fourth-order valence-electron chi connectivity index (χ4n) is 2.09. The number of benzene rings is 1. The Labute approximate surface area is 124 Å². The molecule has 102 valence electrons. The Morgan fingerprint density at radius 1 is 1.11 bits per heavy atom. The van der Waals surface area contributed by atoms with Crippen molar-refractivity contribution in [3.8, 4) is 0 Å². The standard InChI is InChI=1S/C16H20ClNS/c1-13(14-5-3-2-4-6-14)9-11-18-12-10-15-7-8-16(17)19-15/h2-8,13,18H,9-12H2,1H3. The van der Waals surface area contributed by atoms with E-state index in [1.165, 1.54) is 16.9 Å². The highest BCUT2D eigenvalue weighted by Gasteiger charge is 2.04. The first-order chi connectivity index (χ1) is 9.25. The topological polar surface area (TPSA) is 12.0 Å². The fraction of sp³-hybridized carbons (Fsp3) is 0.375. The molecule has 0 saturated heterocycles. The molecular weight excluding hydrogens is 274 g/mol. The van der Waals surface area contributed by atoms with Crippen LogP contribution in [0.1, 0.15) is 29.7 Å². The first kappa shape index (κ1) is 14.6. The van der Waals surface area contributed by atoms with Gasteiger partial charge >= 0.3 is 0 Å². The molecule has 2 aromatic rings. The minimum atomic E-state index is 0.616. The van der Waals surface area contributed by atoms with Crippen LogP contribution >= 0.6 is 22.9 Å². The average Bonchev–Trinajstić information content (AvgIpc) is 2.85. The van der Waals surface area contributed by atoms with E-state index in [4.69, 9.17) is 11.6 Å². The molecule has 0 spiro atoms. The summed E-state index contributed by atoms with van der Waals surface area (Å²) in [5.41, 5.74) is 1.43. The van der Waals surface area contributed by atoms with Gasteiger partial charge in [0.1, 0.15) is 0 Å². The number of rotatable bonds is 7. The van der Waals surface area contributed by atoms with Crippen molar-refractivity contribution >= 4 is 22.9 Å². The normalized spacial score (nSPS) is 12.5. The van der Waals surface area contributed by atoms with Gasteiger partial charge in [0.25, 0.3) is 0 Å². The van der Waals surface area contributed by atoms with Crippen LogP contribution in [0.25, 0.3) is 0 Å². The van der Waals surface area contributed by atoms with E-state index in [-0.39, 0.29) is 0 Å². The van der Waals surface area contributed by atoms with Gasteiger partial charge in [-0.3, -0.25) is 0 Å². The van der Waals surface area contributed by atoms with Gasteiger partial charge in [-0.1, -0.05) is 48.9 Å². The molecule has 0 saturated carbocycles. The molecule has 1 heterocycles. The first-order valence-corrected chi connectivity index (χ1v) is 7.95. The van der Waals surface area contributed by atoms with Crippen LogP contribution in [0, 0.1) is 0 Å². The third-order valence-electron chi connectivity index (χ3n) is 3.30. The number of halogens is 1. The van der Waals surface area contributed by atoms with Crippen LogP contribution in [0.2, 0.25) is 4.34 Å². The van der Waals surface area contributed by atoms with E-state index >= 15 is 0 Å². The zero-order valence-electron chi connectivity index (χ0n) is 11.2. The molecule has 0 aliphatic rings. The highest BCUT2D eigenvalue weighted by Crippen LogP contribution is 2.21. The minimum absolute atomic E-state index is 0.616. The molecular formula is C16H20ClNS. The number of thiophene rings is 1. The summed E-state index contributed by atoms with van der Waals surface area (Å²) in [4.78, 5) is 1.36. The fourth-order valence-corrected chi connectivity index (χ4v) is 3.18. The molecule has 1 aromatic heterocycles. The molecule has 3 heteroatoms. The van der Waals surface area contributed by atoms with Crippen LogP contribution in [-0.4, -0.2) is 13.1 Å². The minimum Gasteiger partial charge on any atom is -0.316 e. The van der Waals surface area contributed by atoms with E-state index in [9.17, 15) is 0 Å². The van der Waals surface area contributed by atoms with Gasteiger partial charge in [0.05, 0.1) is 4.34 Å². The van der Waals surface area contributed by atoms with Crippen molar-refractivity contribution in [2.45, 2.75) is 25.7 Å². The SMILES string of the molecule is CC(CCNCCc1ccc(Cl)s1)c1ccccc1. The molecule has 0 bridgehead atoms. The molecule has 1 aromatic carbocycles. The molecule has 1 nitrogen and oxygen atoms in total. The summed E-state index contributed by atoms with van der Waals surface area (Å²) < 4.78 is 0.882. The molecule has 1 unspecified atom stereocenters.